The standard InChI is InChI=1S/C20H25NO8S/c1-25-11-10-21-30(23,24)19-14-15(4-9-18(19)27-3)20(22)29-13-12-28-17-7-5-16(26-2)6-8-17/h4-9,14,21H,10-13H2,1-3H3. The Kier molecular flexibility index (Phi) is 8.90. The molecule has 0 fully saturated rings. The van der Waals surface area contributed by atoms with E-state index in [9.17, 15) is 13.2 Å². The van der Waals surface area contributed by atoms with Crippen LogP contribution in [-0.2, 0) is 19.5 Å². The van der Waals surface area contributed by atoms with Crippen LogP contribution in [0.3, 0.4) is 0 Å². The number of ether oxygens (including phenoxy) is 5. The molecule has 0 heterocycles. The molecule has 1 N–H and O–H groups in total. The number of methoxy groups -OCH3 is 3. The number of carbonyl (C=O) groups is 1. The summed E-state index contributed by atoms with van der Waals surface area (Å²) in [6.45, 7) is 0.417. The molecule has 0 aliphatic rings. The van der Waals surface area contributed by atoms with Gasteiger partial charge in [-0.25, -0.2) is 17.9 Å². The van der Waals surface area contributed by atoms with Gasteiger partial charge in [-0.1, -0.05) is 0 Å². The first-order chi connectivity index (χ1) is 14.4. The molecule has 30 heavy (non-hydrogen) atoms. The second-order valence-corrected chi connectivity index (χ2v) is 7.65. The summed E-state index contributed by atoms with van der Waals surface area (Å²) < 4.78 is 53.0. The van der Waals surface area contributed by atoms with E-state index < -0.39 is 16.0 Å². The highest BCUT2D eigenvalue weighted by molar-refractivity contribution is 7.89. The fourth-order valence-electron chi connectivity index (χ4n) is 2.42. The van der Waals surface area contributed by atoms with Gasteiger partial charge in [-0.15, -0.1) is 0 Å². The zero-order valence-electron chi connectivity index (χ0n) is 17.0. The van der Waals surface area contributed by atoms with Crippen molar-refractivity contribution in [3.8, 4) is 17.2 Å². The molecule has 2 aromatic carbocycles. The molecule has 2 aromatic rings. The van der Waals surface area contributed by atoms with Crippen molar-refractivity contribution in [1.29, 1.82) is 0 Å². The highest BCUT2D eigenvalue weighted by Gasteiger charge is 2.22. The first-order valence-electron chi connectivity index (χ1n) is 9.02. The molecule has 0 atom stereocenters. The lowest BCUT2D eigenvalue weighted by atomic mass is 10.2. The first kappa shape index (κ1) is 23.5. The van der Waals surface area contributed by atoms with Crippen LogP contribution in [0.15, 0.2) is 47.4 Å². The predicted octanol–water partition coefficient (Wildman–Crippen LogP) is 1.86. The molecule has 0 unspecified atom stereocenters. The van der Waals surface area contributed by atoms with Crippen LogP contribution in [-0.4, -0.2) is 62.1 Å². The van der Waals surface area contributed by atoms with Crippen molar-refractivity contribution in [2.75, 3.05) is 47.7 Å². The zero-order valence-corrected chi connectivity index (χ0v) is 17.9. The van der Waals surface area contributed by atoms with Crippen molar-refractivity contribution in [3.05, 3.63) is 48.0 Å². The van der Waals surface area contributed by atoms with E-state index in [1.54, 1.807) is 31.4 Å². The molecule has 0 aliphatic carbocycles. The SMILES string of the molecule is COCCNS(=O)(=O)c1cc(C(=O)OCCOc2ccc(OC)cc2)ccc1OC. The Morgan fingerprint density at radius 3 is 2.23 bits per heavy atom. The molecule has 0 bridgehead atoms. The van der Waals surface area contributed by atoms with Gasteiger partial charge in [0.05, 0.1) is 26.4 Å². The van der Waals surface area contributed by atoms with E-state index in [1.165, 1.54) is 32.4 Å². The van der Waals surface area contributed by atoms with E-state index in [1.807, 2.05) is 0 Å². The van der Waals surface area contributed by atoms with Crippen LogP contribution in [0, 0.1) is 0 Å². The van der Waals surface area contributed by atoms with Gasteiger partial charge < -0.3 is 23.7 Å². The average Bonchev–Trinajstić information content (AvgIpc) is 2.76. The van der Waals surface area contributed by atoms with Crippen molar-refractivity contribution in [3.63, 3.8) is 0 Å². The molecular formula is C20H25NO8S. The second kappa shape index (κ2) is 11.4. The summed E-state index contributed by atoms with van der Waals surface area (Å²) in [5.41, 5.74) is 0.0763. The van der Waals surface area contributed by atoms with Gasteiger partial charge in [0.15, 0.2) is 0 Å². The molecule has 164 valence electrons. The predicted molar refractivity (Wildman–Crippen MR) is 109 cm³/mol. The van der Waals surface area contributed by atoms with Gasteiger partial charge in [0, 0.05) is 13.7 Å². The van der Waals surface area contributed by atoms with E-state index in [2.05, 4.69) is 4.72 Å². The second-order valence-electron chi connectivity index (χ2n) is 5.92. The average molecular weight is 439 g/mol. The van der Waals surface area contributed by atoms with Crippen LogP contribution in [0.25, 0.3) is 0 Å². The molecule has 2 rings (SSSR count). The first-order valence-corrected chi connectivity index (χ1v) is 10.5. The highest BCUT2D eigenvalue weighted by Crippen LogP contribution is 2.25. The minimum atomic E-state index is -3.90. The van der Waals surface area contributed by atoms with Crippen LogP contribution < -0.4 is 18.9 Å². The lowest BCUT2D eigenvalue weighted by Crippen LogP contribution is -2.27. The summed E-state index contributed by atoms with van der Waals surface area (Å²) in [7, 11) is 0.482. The molecular weight excluding hydrogens is 414 g/mol. The topological polar surface area (TPSA) is 109 Å². The molecule has 0 aliphatic heterocycles. The van der Waals surface area contributed by atoms with Crippen LogP contribution >= 0.6 is 0 Å². The van der Waals surface area contributed by atoms with Gasteiger partial charge in [-0.2, -0.15) is 0 Å². The number of esters is 1. The van der Waals surface area contributed by atoms with Gasteiger partial charge in [0.25, 0.3) is 0 Å². The molecule has 9 nitrogen and oxygen atoms in total. The zero-order chi connectivity index (χ0) is 22.0. The lowest BCUT2D eigenvalue weighted by Gasteiger charge is -2.12. The van der Waals surface area contributed by atoms with E-state index in [-0.39, 0.29) is 42.6 Å². The summed E-state index contributed by atoms with van der Waals surface area (Å²) in [5, 5.41) is 0. The number of nitrogens with one attached hydrogen (secondary N) is 1. The fraction of sp³-hybridized carbons (Fsp3) is 0.350. The Bertz CT molecular complexity index is 928. The maximum absolute atomic E-state index is 12.5. The summed E-state index contributed by atoms with van der Waals surface area (Å²) in [6, 6.07) is 11.0. The van der Waals surface area contributed by atoms with Crippen LogP contribution in [0.5, 0.6) is 17.2 Å². The largest absolute Gasteiger partial charge is 0.497 e. The van der Waals surface area contributed by atoms with Gasteiger partial charge in [0.1, 0.15) is 35.4 Å². The number of hydrogen-bond acceptors (Lipinski definition) is 8. The third-order valence-electron chi connectivity index (χ3n) is 3.93. The molecule has 0 saturated heterocycles. The van der Waals surface area contributed by atoms with E-state index >= 15 is 0 Å². The number of hydrogen-bond donors (Lipinski definition) is 1. The monoisotopic (exact) mass is 439 g/mol. The lowest BCUT2D eigenvalue weighted by molar-refractivity contribution is 0.0450. The van der Waals surface area contributed by atoms with E-state index in [0.29, 0.717) is 11.5 Å². The number of carbonyl (C=O) groups excluding carboxylic acids is 1. The van der Waals surface area contributed by atoms with Crippen molar-refractivity contribution >= 4 is 16.0 Å². The van der Waals surface area contributed by atoms with E-state index in [0.717, 1.165) is 0 Å². The smallest absolute Gasteiger partial charge is 0.338 e. The van der Waals surface area contributed by atoms with Crippen molar-refractivity contribution in [2.45, 2.75) is 4.90 Å². The van der Waals surface area contributed by atoms with Gasteiger partial charge in [-0.05, 0) is 42.5 Å². The quantitative estimate of drug-likeness (QED) is 0.394. The molecule has 0 spiro atoms. The molecule has 10 heteroatoms. The maximum Gasteiger partial charge on any atom is 0.338 e. The molecule has 0 amide bonds. The third-order valence-corrected chi connectivity index (χ3v) is 5.41. The third kappa shape index (κ3) is 6.61. The Hall–Kier alpha value is -2.82. The van der Waals surface area contributed by atoms with Crippen LogP contribution in [0.2, 0.25) is 0 Å². The van der Waals surface area contributed by atoms with Gasteiger partial charge >= 0.3 is 5.97 Å². The fourth-order valence-corrected chi connectivity index (χ4v) is 3.62. The minimum Gasteiger partial charge on any atom is -0.497 e. The van der Waals surface area contributed by atoms with Crippen molar-refractivity contribution in [1.82, 2.24) is 4.72 Å². The molecule has 0 aromatic heterocycles. The Labute approximate surface area is 175 Å². The summed E-state index contributed by atoms with van der Waals surface area (Å²) in [6.07, 6.45) is 0. The molecule has 0 radical (unpaired) electrons. The van der Waals surface area contributed by atoms with E-state index in [4.69, 9.17) is 23.7 Å². The Balaban J connectivity index is 1.97. The Morgan fingerprint density at radius 1 is 0.900 bits per heavy atom. The normalized spacial score (nSPS) is 11.0. The minimum absolute atomic E-state index is 0.00887. The summed E-state index contributed by atoms with van der Waals surface area (Å²) in [4.78, 5) is 12.1. The van der Waals surface area contributed by atoms with Crippen LogP contribution in [0.4, 0.5) is 0 Å². The highest BCUT2D eigenvalue weighted by atomic mass is 32.2. The summed E-state index contributed by atoms with van der Waals surface area (Å²) in [5.74, 6) is 0.742. The molecule has 0 saturated carbocycles. The van der Waals surface area contributed by atoms with Crippen molar-refractivity contribution < 1.29 is 36.9 Å². The number of rotatable bonds is 12. The summed E-state index contributed by atoms with van der Waals surface area (Å²) >= 11 is 0. The van der Waals surface area contributed by atoms with Gasteiger partial charge in [-0.3, -0.25) is 0 Å². The van der Waals surface area contributed by atoms with Gasteiger partial charge in [0.2, 0.25) is 10.0 Å². The van der Waals surface area contributed by atoms with Crippen molar-refractivity contribution in [2.24, 2.45) is 0 Å². The Morgan fingerprint density at radius 2 is 1.60 bits per heavy atom. The number of sulfonamides is 1. The van der Waals surface area contributed by atoms with Crippen LogP contribution in [0.1, 0.15) is 10.4 Å². The number of benzene rings is 2. The maximum atomic E-state index is 12.5.